The number of hydrogen-bond donors (Lipinski definition) is 2. The number of amides is 1. The van der Waals surface area contributed by atoms with Crippen LogP contribution >= 0.6 is 11.3 Å². The van der Waals surface area contributed by atoms with Crippen LogP contribution in [0.1, 0.15) is 42.6 Å². The van der Waals surface area contributed by atoms with Crippen molar-refractivity contribution >= 4 is 17.2 Å². The van der Waals surface area contributed by atoms with Gasteiger partial charge in [-0.1, -0.05) is 6.92 Å². The summed E-state index contributed by atoms with van der Waals surface area (Å²) in [6.45, 7) is 5.09. The molecule has 2 rings (SSSR count). The first-order chi connectivity index (χ1) is 8.19. The SMILES string of the molecule is CCc1cnc(C(C)NCC2CCC(=O)N2)s1. The van der Waals surface area contributed by atoms with Gasteiger partial charge in [0.25, 0.3) is 0 Å². The van der Waals surface area contributed by atoms with E-state index in [1.165, 1.54) is 4.88 Å². The third-order valence-corrected chi connectivity index (χ3v) is 4.37. The molecule has 1 aliphatic rings. The Kier molecular flexibility index (Phi) is 4.12. The van der Waals surface area contributed by atoms with Gasteiger partial charge in [0, 0.05) is 30.1 Å². The molecule has 0 bridgehead atoms. The average Bonchev–Trinajstić information content (AvgIpc) is 2.94. The van der Waals surface area contributed by atoms with Crippen LogP contribution in [0, 0.1) is 0 Å². The molecule has 94 valence electrons. The van der Waals surface area contributed by atoms with Crippen LogP contribution in [0.25, 0.3) is 0 Å². The maximum absolute atomic E-state index is 11.1. The summed E-state index contributed by atoms with van der Waals surface area (Å²) in [5.74, 6) is 0.173. The lowest BCUT2D eigenvalue weighted by Crippen LogP contribution is -2.36. The third-order valence-electron chi connectivity index (χ3n) is 3.05. The second-order valence-electron chi connectivity index (χ2n) is 4.45. The van der Waals surface area contributed by atoms with Gasteiger partial charge in [-0.15, -0.1) is 11.3 Å². The first kappa shape index (κ1) is 12.5. The highest BCUT2D eigenvalue weighted by atomic mass is 32.1. The topological polar surface area (TPSA) is 54.0 Å². The Morgan fingerprint density at radius 3 is 3.12 bits per heavy atom. The van der Waals surface area contributed by atoms with Crippen molar-refractivity contribution < 1.29 is 4.79 Å². The van der Waals surface area contributed by atoms with Crippen LogP contribution in [0.4, 0.5) is 0 Å². The molecular weight excluding hydrogens is 234 g/mol. The van der Waals surface area contributed by atoms with Gasteiger partial charge in [-0.2, -0.15) is 0 Å². The summed E-state index contributed by atoms with van der Waals surface area (Å²) in [6.07, 6.45) is 4.60. The average molecular weight is 253 g/mol. The standard InChI is InChI=1S/C12H19N3OS/c1-3-10-7-14-12(17-10)8(2)13-6-9-4-5-11(16)15-9/h7-9,13H,3-6H2,1-2H3,(H,15,16). The summed E-state index contributed by atoms with van der Waals surface area (Å²) in [5, 5.41) is 7.52. The van der Waals surface area contributed by atoms with Crippen molar-refractivity contribution in [2.45, 2.75) is 45.2 Å². The minimum Gasteiger partial charge on any atom is -0.352 e. The summed E-state index contributed by atoms with van der Waals surface area (Å²) in [4.78, 5) is 16.8. The zero-order valence-corrected chi connectivity index (χ0v) is 11.1. The molecule has 1 amide bonds. The smallest absolute Gasteiger partial charge is 0.220 e. The molecule has 17 heavy (non-hydrogen) atoms. The van der Waals surface area contributed by atoms with Crippen LogP contribution in [0.15, 0.2) is 6.20 Å². The fraction of sp³-hybridized carbons (Fsp3) is 0.667. The number of nitrogens with one attached hydrogen (secondary N) is 2. The van der Waals surface area contributed by atoms with Crippen LogP contribution in [-0.4, -0.2) is 23.5 Å². The van der Waals surface area contributed by atoms with Crippen LogP contribution in [0.3, 0.4) is 0 Å². The molecule has 0 saturated carbocycles. The van der Waals surface area contributed by atoms with E-state index >= 15 is 0 Å². The molecule has 1 aromatic heterocycles. The normalized spacial score (nSPS) is 21.5. The van der Waals surface area contributed by atoms with Crippen molar-refractivity contribution in [1.82, 2.24) is 15.6 Å². The van der Waals surface area contributed by atoms with E-state index < -0.39 is 0 Å². The molecule has 2 heterocycles. The second-order valence-corrected chi connectivity index (χ2v) is 5.60. The summed E-state index contributed by atoms with van der Waals surface area (Å²) in [6, 6.07) is 0.549. The third kappa shape index (κ3) is 3.26. The monoisotopic (exact) mass is 253 g/mol. The highest BCUT2D eigenvalue weighted by molar-refractivity contribution is 7.11. The number of carbonyl (C=O) groups excluding carboxylic acids is 1. The Labute approximate surface area is 106 Å². The molecule has 1 saturated heterocycles. The first-order valence-electron chi connectivity index (χ1n) is 6.16. The van der Waals surface area contributed by atoms with E-state index in [1.807, 2.05) is 6.20 Å². The molecule has 0 spiro atoms. The molecule has 4 nitrogen and oxygen atoms in total. The molecule has 1 aliphatic heterocycles. The summed E-state index contributed by atoms with van der Waals surface area (Å²) >= 11 is 1.76. The lowest BCUT2D eigenvalue weighted by Gasteiger charge is -2.15. The number of hydrogen-bond acceptors (Lipinski definition) is 4. The number of aromatic nitrogens is 1. The Hall–Kier alpha value is -0.940. The van der Waals surface area contributed by atoms with Gasteiger partial charge in [-0.25, -0.2) is 4.98 Å². The lowest BCUT2D eigenvalue weighted by atomic mass is 10.2. The fourth-order valence-corrected chi connectivity index (χ4v) is 2.81. The van der Waals surface area contributed by atoms with Gasteiger partial charge < -0.3 is 10.6 Å². The molecule has 5 heteroatoms. The minimum atomic E-state index is 0.173. The quantitative estimate of drug-likeness (QED) is 0.838. The van der Waals surface area contributed by atoms with Crippen LogP contribution in [-0.2, 0) is 11.2 Å². The maximum Gasteiger partial charge on any atom is 0.220 e. The summed E-state index contributed by atoms with van der Waals surface area (Å²) in [5.41, 5.74) is 0. The van der Waals surface area contributed by atoms with Gasteiger partial charge in [-0.05, 0) is 19.8 Å². The lowest BCUT2D eigenvalue weighted by molar-refractivity contribution is -0.119. The van der Waals surface area contributed by atoms with Crippen molar-refractivity contribution in [2.24, 2.45) is 0 Å². The molecule has 1 fully saturated rings. The zero-order chi connectivity index (χ0) is 12.3. The second kappa shape index (κ2) is 5.60. The molecule has 2 unspecified atom stereocenters. The van der Waals surface area contributed by atoms with Crippen LogP contribution < -0.4 is 10.6 Å². The molecular formula is C12H19N3OS. The van der Waals surface area contributed by atoms with Crippen LogP contribution in [0.2, 0.25) is 0 Å². The van der Waals surface area contributed by atoms with E-state index in [-0.39, 0.29) is 18.0 Å². The van der Waals surface area contributed by atoms with Crippen molar-refractivity contribution in [3.63, 3.8) is 0 Å². The Balaban J connectivity index is 1.80. The van der Waals surface area contributed by atoms with E-state index in [0.717, 1.165) is 24.4 Å². The number of thiazole rings is 1. The van der Waals surface area contributed by atoms with Crippen molar-refractivity contribution in [1.29, 1.82) is 0 Å². The number of aryl methyl sites for hydroxylation is 1. The molecule has 0 aromatic carbocycles. The van der Waals surface area contributed by atoms with Crippen molar-refractivity contribution in [3.05, 3.63) is 16.1 Å². The zero-order valence-electron chi connectivity index (χ0n) is 10.3. The molecule has 2 atom stereocenters. The van der Waals surface area contributed by atoms with Gasteiger partial charge in [0.05, 0.1) is 6.04 Å². The van der Waals surface area contributed by atoms with E-state index in [2.05, 4.69) is 29.5 Å². The Morgan fingerprint density at radius 1 is 1.71 bits per heavy atom. The Morgan fingerprint density at radius 2 is 2.53 bits per heavy atom. The minimum absolute atomic E-state index is 0.173. The summed E-state index contributed by atoms with van der Waals surface area (Å²) < 4.78 is 0. The van der Waals surface area contributed by atoms with E-state index in [0.29, 0.717) is 6.42 Å². The number of nitrogens with zero attached hydrogens (tertiary/aromatic N) is 1. The predicted octanol–water partition coefficient (Wildman–Crippen LogP) is 1.63. The van der Waals surface area contributed by atoms with Crippen molar-refractivity contribution in [3.8, 4) is 0 Å². The fourth-order valence-electron chi connectivity index (χ4n) is 1.92. The summed E-state index contributed by atoms with van der Waals surface area (Å²) in [7, 11) is 0. The van der Waals surface area contributed by atoms with Gasteiger partial charge in [0.2, 0.25) is 5.91 Å². The number of carbonyl (C=O) groups is 1. The first-order valence-corrected chi connectivity index (χ1v) is 6.98. The molecule has 1 aromatic rings. The van der Waals surface area contributed by atoms with Crippen molar-refractivity contribution in [2.75, 3.05) is 6.54 Å². The maximum atomic E-state index is 11.1. The van der Waals surface area contributed by atoms with Gasteiger partial charge in [0.1, 0.15) is 5.01 Å². The van der Waals surface area contributed by atoms with Crippen LogP contribution in [0.5, 0.6) is 0 Å². The highest BCUT2D eigenvalue weighted by Gasteiger charge is 2.21. The highest BCUT2D eigenvalue weighted by Crippen LogP contribution is 2.20. The van der Waals surface area contributed by atoms with Gasteiger partial charge in [0.15, 0.2) is 0 Å². The molecule has 0 aliphatic carbocycles. The predicted molar refractivity (Wildman–Crippen MR) is 69.1 cm³/mol. The van der Waals surface area contributed by atoms with E-state index in [1.54, 1.807) is 11.3 Å². The van der Waals surface area contributed by atoms with E-state index in [4.69, 9.17) is 0 Å². The number of rotatable bonds is 5. The Bertz CT molecular complexity index is 391. The molecule has 0 radical (unpaired) electrons. The van der Waals surface area contributed by atoms with E-state index in [9.17, 15) is 4.79 Å². The largest absolute Gasteiger partial charge is 0.352 e. The van der Waals surface area contributed by atoms with Gasteiger partial charge in [-0.3, -0.25) is 4.79 Å². The van der Waals surface area contributed by atoms with Gasteiger partial charge >= 0.3 is 0 Å². The molecule has 2 N–H and O–H groups in total.